The van der Waals surface area contributed by atoms with Crippen molar-refractivity contribution in [3.8, 4) is 28.7 Å². The first kappa shape index (κ1) is 34.5. The topological polar surface area (TPSA) is 108 Å². The number of aromatic nitrogens is 3. The van der Waals surface area contributed by atoms with Gasteiger partial charge >= 0.3 is 0 Å². The van der Waals surface area contributed by atoms with Crippen LogP contribution >= 0.6 is 0 Å². The number of rotatable bonds is 11. The third kappa shape index (κ3) is 7.26. The average molecular weight is 710 g/mol. The number of anilines is 1. The molecular weight excluding hydrogens is 675 g/mol. The molecular formula is C39H34F3N5O5. The van der Waals surface area contributed by atoms with E-state index in [1.54, 1.807) is 42.6 Å². The summed E-state index contributed by atoms with van der Waals surface area (Å²) in [6.07, 6.45) is 6.18. The van der Waals surface area contributed by atoms with Crippen molar-refractivity contribution in [3.63, 3.8) is 0 Å². The van der Waals surface area contributed by atoms with Crippen LogP contribution in [0.25, 0.3) is 27.5 Å². The molecule has 6 aromatic rings. The molecule has 0 spiro atoms. The van der Waals surface area contributed by atoms with E-state index in [9.17, 15) is 18.4 Å². The number of nitrogens with zero attached hydrogens (tertiary/aromatic N) is 4. The highest BCUT2D eigenvalue weighted by atomic mass is 19.2. The van der Waals surface area contributed by atoms with Crippen molar-refractivity contribution in [1.82, 2.24) is 19.7 Å². The number of piperidine rings is 1. The van der Waals surface area contributed by atoms with E-state index in [0.717, 1.165) is 44.3 Å². The first-order valence-electron chi connectivity index (χ1n) is 16.9. The number of benzene rings is 4. The SMILES string of the molecule is COc1cc2c(Oc3ccc(NC(=O)c4nn(-c5ccc(F)c(F)c5)c5ccccc5c4=O)cc3F)ccnc2cc1OCCCN1CCCCC1. The molecule has 1 amide bonds. The molecule has 3 heterocycles. The largest absolute Gasteiger partial charge is 0.493 e. The highest BCUT2D eigenvalue weighted by Gasteiger charge is 2.20. The summed E-state index contributed by atoms with van der Waals surface area (Å²) in [6.45, 7) is 3.74. The molecule has 2 aromatic heterocycles. The molecule has 1 aliphatic rings. The monoisotopic (exact) mass is 709 g/mol. The Morgan fingerprint density at radius 2 is 1.65 bits per heavy atom. The number of pyridine rings is 1. The van der Waals surface area contributed by atoms with Gasteiger partial charge in [0.1, 0.15) is 5.75 Å². The smallest absolute Gasteiger partial charge is 0.280 e. The van der Waals surface area contributed by atoms with Crippen LogP contribution in [0, 0.1) is 17.5 Å². The molecule has 266 valence electrons. The number of para-hydroxylation sites is 1. The van der Waals surface area contributed by atoms with Crippen LogP contribution in [0.2, 0.25) is 0 Å². The molecule has 1 N–H and O–H groups in total. The maximum Gasteiger partial charge on any atom is 0.280 e. The number of amides is 1. The molecule has 0 atom stereocenters. The van der Waals surface area contributed by atoms with Crippen LogP contribution in [-0.2, 0) is 0 Å². The third-order valence-electron chi connectivity index (χ3n) is 8.88. The number of ether oxygens (including phenoxy) is 3. The number of fused-ring (bicyclic) bond motifs is 2. The van der Waals surface area contributed by atoms with Gasteiger partial charge in [0, 0.05) is 42.0 Å². The molecule has 0 radical (unpaired) electrons. The second-order valence-corrected chi connectivity index (χ2v) is 12.3. The molecule has 1 saturated heterocycles. The van der Waals surface area contributed by atoms with E-state index in [-0.39, 0.29) is 28.0 Å². The van der Waals surface area contributed by atoms with Gasteiger partial charge < -0.3 is 24.4 Å². The highest BCUT2D eigenvalue weighted by Crippen LogP contribution is 2.38. The summed E-state index contributed by atoms with van der Waals surface area (Å²) in [5, 5.41) is 7.36. The number of methoxy groups -OCH3 is 1. The summed E-state index contributed by atoms with van der Waals surface area (Å²) in [7, 11) is 1.54. The number of carbonyl (C=O) groups excluding carboxylic acids is 1. The van der Waals surface area contributed by atoms with Gasteiger partial charge in [-0.2, -0.15) is 5.10 Å². The van der Waals surface area contributed by atoms with Gasteiger partial charge in [-0.25, -0.2) is 17.9 Å². The van der Waals surface area contributed by atoms with Crippen molar-refractivity contribution in [2.24, 2.45) is 0 Å². The van der Waals surface area contributed by atoms with Crippen LogP contribution in [0.15, 0.2) is 89.9 Å². The lowest BCUT2D eigenvalue weighted by Crippen LogP contribution is -2.31. The van der Waals surface area contributed by atoms with Gasteiger partial charge in [-0.05, 0) is 80.9 Å². The van der Waals surface area contributed by atoms with E-state index < -0.39 is 34.5 Å². The quantitative estimate of drug-likeness (QED) is 0.137. The minimum absolute atomic E-state index is 0.0203. The van der Waals surface area contributed by atoms with Gasteiger partial charge in [0.2, 0.25) is 5.43 Å². The fourth-order valence-corrected chi connectivity index (χ4v) is 6.25. The van der Waals surface area contributed by atoms with Gasteiger partial charge in [0.15, 0.2) is 40.4 Å². The van der Waals surface area contributed by atoms with Crippen molar-refractivity contribution in [2.45, 2.75) is 25.7 Å². The predicted molar refractivity (Wildman–Crippen MR) is 190 cm³/mol. The minimum Gasteiger partial charge on any atom is -0.493 e. The van der Waals surface area contributed by atoms with E-state index in [4.69, 9.17) is 14.2 Å². The molecule has 7 rings (SSSR count). The van der Waals surface area contributed by atoms with Crippen LogP contribution < -0.4 is 25.0 Å². The summed E-state index contributed by atoms with van der Waals surface area (Å²) >= 11 is 0. The number of hydrogen-bond donors (Lipinski definition) is 1. The lowest BCUT2D eigenvalue weighted by Gasteiger charge is -2.26. The van der Waals surface area contributed by atoms with Crippen LogP contribution in [0.5, 0.6) is 23.0 Å². The number of hydrogen-bond acceptors (Lipinski definition) is 8. The van der Waals surface area contributed by atoms with Crippen LogP contribution in [0.3, 0.4) is 0 Å². The first-order valence-corrected chi connectivity index (χ1v) is 16.9. The first-order chi connectivity index (χ1) is 25.3. The molecule has 0 unspecified atom stereocenters. The Hall–Kier alpha value is -5.95. The molecule has 10 nitrogen and oxygen atoms in total. The zero-order valence-electron chi connectivity index (χ0n) is 28.2. The second-order valence-electron chi connectivity index (χ2n) is 12.3. The van der Waals surface area contributed by atoms with Crippen molar-refractivity contribution < 1.29 is 32.2 Å². The standard InChI is InChI=1S/C39H34F3N5O5/c1-50-35-22-27-31(23-36(35)51-19-7-18-46-16-5-2-6-17-46)43-15-14-33(27)52-34-13-10-24(20-30(34)42)44-39(49)37-38(48)26-8-3-4-9-32(26)47(45-37)25-11-12-28(40)29(41)21-25/h3-4,8-15,20-23H,2,5-7,16-19H2,1H3,(H,44,49). The minimum atomic E-state index is -1.13. The third-order valence-corrected chi connectivity index (χ3v) is 8.88. The molecule has 0 aliphatic carbocycles. The summed E-state index contributed by atoms with van der Waals surface area (Å²) in [5.74, 6) is -2.72. The molecule has 13 heteroatoms. The lowest BCUT2D eigenvalue weighted by molar-refractivity contribution is 0.102. The number of nitrogens with one attached hydrogen (secondary N) is 1. The summed E-state index contributed by atoms with van der Waals surface area (Å²) in [4.78, 5) is 33.6. The van der Waals surface area contributed by atoms with E-state index >= 15 is 4.39 Å². The maximum atomic E-state index is 15.5. The Kier molecular flexibility index (Phi) is 10.0. The zero-order valence-corrected chi connectivity index (χ0v) is 28.2. The van der Waals surface area contributed by atoms with Crippen molar-refractivity contribution in [2.75, 3.05) is 38.7 Å². The van der Waals surface area contributed by atoms with Crippen molar-refractivity contribution in [1.29, 1.82) is 0 Å². The molecule has 1 fully saturated rings. The van der Waals surface area contributed by atoms with Crippen LogP contribution in [0.4, 0.5) is 18.9 Å². The van der Waals surface area contributed by atoms with Crippen molar-refractivity contribution in [3.05, 3.63) is 118 Å². The summed E-state index contributed by atoms with van der Waals surface area (Å²) < 4.78 is 62.0. The van der Waals surface area contributed by atoms with E-state index in [1.165, 1.54) is 55.3 Å². The number of halogens is 3. The van der Waals surface area contributed by atoms with Crippen LogP contribution in [0.1, 0.15) is 36.2 Å². The Bertz CT molecular complexity index is 2350. The van der Waals surface area contributed by atoms with Gasteiger partial charge in [0.05, 0.1) is 35.8 Å². The Morgan fingerprint density at radius 1 is 0.827 bits per heavy atom. The van der Waals surface area contributed by atoms with E-state index in [2.05, 4.69) is 20.3 Å². The molecule has 52 heavy (non-hydrogen) atoms. The Morgan fingerprint density at radius 3 is 2.44 bits per heavy atom. The molecule has 0 saturated carbocycles. The van der Waals surface area contributed by atoms with E-state index in [0.29, 0.717) is 34.8 Å². The zero-order chi connectivity index (χ0) is 36.2. The van der Waals surface area contributed by atoms with Crippen LogP contribution in [-0.4, -0.2) is 58.9 Å². The fourth-order valence-electron chi connectivity index (χ4n) is 6.25. The predicted octanol–water partition coefficient (Wildman–Crippen LogP) is 7.66. The normalized spacial score (nSPS) is 13.3. The van der Waals surface area contributed by atoms with Gasteiger partial charge in [-0.3, -0.25) is 14.6 Å². The van der Waals surface area contributed by atoms with E-state index in [1.807, 2.05) is 0 Å². The fraction of sp³-hybridized carbons (Fsp3) is 0.231. The average Bonchev–Trinajstić information content (AvgIpc) is 3.16. The molecule has 0 bridgehead atoms. The summed E-state index contributed by atoms with van der Waals surface area (Å²) in [5.41, 5.74) is -0.289. The summed E-state index contributed by atoms with van der Waals surface area (Å²) in [6, 6.07) is 18.3. The van der Waals surface area contributed by atoms with Crippen molar-refractivity contribution >= 4 is 33.4 Å². The number of likely N-dealkylation sites (tertiary alicyclic amines) is 1. The highest BCUT2D eigenvalue weighted by molar-refractivity contribution is 6.04. The van der Waals surface area contributed by atoms with Gasteiger partial charge in [-0.15, -0.1) is 0 Å². The lowest BCUT2D eigenvalue weighted by atomic mass is 10.1. The molecule has 1 aliphatic heterocycles. The molecule has 4 aromatic carbocycles. The van der Waals surface area contributed by atoms with Gasteiger partial charge in [-0.1, -0.05) is 18.6 Å². The Labute approximate surface area is 296 Å². The van der Waals surface area contributed by atoms with Gasteiger partial charge in [0.25, 0.3) is 5.91 Å². The Balaban J connectivity index is 1.09. The second kappa shape index (κ2) is 15.1. The number of carbonyl (C=O) groups is 1. The maximum absolute atomic E-state index is 15.5.